The normalized spacial score (nSPS) is 28.4. The number of rotatable bonds is 3. The van der Waals surface area contributed by atoms with Gasteiger partial charge < -0.3 is 9.64 Å². The number of fused-ring (bicyclic) bond motifs is 1. The molecule has 2 saturated heterocycles. The van der Waals surface area contributed by atoms with Gasteiger partial charge in [0.1, 0.15) is 5.82 Å². The number of halogens is 1. The van der Waals surface area contributed by atoms with E-state index >= 15 is 0 Å². The van der Waals surface area contributed by atoms with Crippen LogP contribution in [0.1, 0.15) is 18.4 Å². The fourth-order valence-electron chi connectivity index (χ4n) is 3.65. The summed E-state index contributed by atoms with van der Waals surface area (Å²) in [5, 5.41) is 0. The molecule has 1 aromatic rings. The molecule has 0 aliphatic carbocycles. The first-order chi connectivity index (χ1) is 10.5. The zero-order valence-corrected chi connectivity index (χ0v) is 13.2. The summed E-state index contributed by atoms with van der Waals surface area (Å²) in [6.45, 7) is 2.13. The lowest BCUT2D eigenvalue weighted by molar-refractivity contribution is -0.137. The largest absolute Gasteiger partial charge is 0.377 e. The van der Waals surface area contributed by atoms with Gasteiger partial charge in [0.2, 0.25) is 5.91 Å². The first kappa shape index (κ1) is 15.4. The molecule has 0 unspecified atom stereocenters. The minimum atomic E-state index is -0.213. The molecule has 2 heterocycles. The Morgan fingerprint density at radius 1 is 1.45 bits per heavy atom. The molecule has 0 N–H and O–H groups in total. The molecule has 0 bridgehead atoms. The highest BCUT2D eigenvalue weighted by Crippen LogP contribution is 2.33. The minimum absolute atomic E-state index is 0.0390. The second-order valence-electron chi connectivity index (χ2n) is 6.49. The molecular weight excluding hydrogens is 283 g/mol. The van der Waals surface area contributed by atoms with Crippen molar-refractivity contribution in [3.05, 3.63) is 35.6 Å². The lowest BCUT2D eigenvalue weighted by atomic mass is 9.89. The number of likely N-dealkylation sites (tertiary alicyclic amines) is 1. The van der Waals surface area contributed by atoms with Crippen molar-refractivity contribution in [3.8, 4) is 0 Å². The van der Waals surface area contributed by atoms with Crippen LogP contribution in [0.3, 0.4) is 0 Å². The standard InChI is InChI=1S/C17H23FN2O2/c1-19(2)17(21)13-9-16-15(6-7-22-16)20(11-13)10-12-4-3-5-14(18)8-12/h3-5,8,13,15-16H,6-7,9-11H2,1-2H3/t13-,15+,16+/m0/s1. The lowest BCUT2D eigenvalue weighted by Crippen LogP contribution is -2.52. The van der Waals surface area contributed by atoms with Crippen molar-refractivity contribution in [2.24, 2.45) is 5.92 Å². The molecule has 3 atom stereocenters. The van der Waals surface area contributed by atoms with Crippen LogP contribution in [0.4, 0.5) is 4.39 Å². The molecule has 0 aromatic heterocycles. The van der Waals surface area contributed by atoms with E-state index in [2.05, 4.69) is 4.90 Å². The number of hydrogen-bond donors (Lipinski definition) is 0. The Labute approximate surface area is 130 Å². The van der Waals surface area contributed by atoms with Gasteiger partial charge in [-0.05, 0) is 30.5 Å². The van der Waals surface area contributed by atoms with Gasteiger partial charge in [-0.1, -0.05) is 12.1 Å². The highest BCUT2D eigenvalue weighted by Gasteiger charge is 2.42. The van der Waals surface area contributed by atoms with E-state index in [-0.39, 0.29) is 23.7 Å². The first-order valence-corrected chi connectivity index (χ1v) is 7.86. The molecular formula is C17H23FN2O2. The third-order valence-electron chi connectivity index (χ3n) is 4.68. The van der Waals surface area contributed by atoms with Gasteiger partial charge in [-0.15, -0.1) is 0 Å². The maximum atomic E-state index is 13.4. The zero-order chi connectivity index (χ0) is 15.7. The summed E-state index contributed by atoms with van der Waals surface area (Å²) < 4.78 is 19.2. The van der Waals surface area contributed by atoms with E-state index in [1.165, 1.54) is 6.07 Å². The monoisotopic (exact) mass is 306 g/mol. The Balaban J connectivity index is 1.76. The fourth-order valence-corrected chi connectivity index (χ4v) is 3.65. The quantitative estimate of drug-likeness (QED) is 0.855. The van der Waals surface area contributed by atoms with Gasteiger partial charge in [0.15, 0.2) is 0 Å². The number of ether oxygens (including phenoxy) is 1. The van der Waals surface area contributed by atoms with Gasteiger partial charge in [-0.3, -0.25) is 9.69 Å². The van der Waals surface area contributed by atoms with E-state index in [1.807, 2.05) is 6.07 Å². The van der Waals surface area contributed by atoms with Crippen LogP contribution >= 0.6 is 0 Å². The third kappa shape index (κ3) is 3.15. The van der Waals surface area contributed by atoms with Crippen LogP contribution in [0, 0.1) is 11.7 Å². The van der Waals surface area contributed by atoms with Gasteiger partial charge >= 0.3 is 0 Å². The van der Waals surface area contributed by atoms with Gasteiger partial charge in [-0.25, -0.2) is 4.39 Å². The fraction of sp³-hybridized carbons (Fsp3) is 0.588. The van der Waals surface area contributed by atoms with Gasteiger partial charge in [-0.2, -0.15) is 0 Å². The molecule has 3 rings (SSSR count). The van der Waals surface area contributed by atoms with Crippen molar-refractivity contribution in [1.82, 2.24) is 9.80 Å². The van der Waals surface area contributed by atoms with E-state index in [0.717, 1.165) is 31.6 Å². The van der Waals surface area contributed by atoms with Crippen molar-refractivity contribution in [3.63, 3.8) is 0 Å². The second kappa shape index (κ2) is 6.34. The summed E-state index contributed by atoms with van der Waals surface area (Å²) in [5.41, 5.74) is 0.948. The van der Waals surface area contributed by atoms with E-state index in [9.17, 15) is 9.18 Å². The Hall–Kier alpha value is -1.46. The maximum absolute atomic E-state index is 13.4. The molecule has 2 aliphatic rings. The molecule has 1 aromatic carbocycles. The lowest BCUT2D eigenvalue weighted by Gasteiger charge is -2.41. The molecule has 0 radical (unpaired) electrons. The molecule has 0 saturated carbocycles. The summed E-state index contributed by atoms with van der Waals surface area (Å²) in [6.07, 6.45) is 1.90. The minimum Gasteiger partial charge on any atom is -0.377 e. The molecule has 1 amide bonds. The van der Waals surface area contributed by atoms with Crippen LogP contribution in [0.25, 0.3) is 0 Å². The van der Waals surface area contributed by atoms with Crippen LogP contribution in [0.5, 0.6) is 0 Å². The van der Waals surface area contributed by atoms with Crippen molar-refractivity contribution >= 4 is 5.91 Å². The van der Waals surface area contributed by atoms with Gasteiger partial charge in [0.05, 0.1) is 12.0 Å². The molecule has 22 heavy (non-hydrogen) atoms. The van der Waals surface area contributed by atoms with E-state index < -0.39 is 0 Å². The Kier molecular flexibility index (Phi) is 4.45. The molecule has 4 nitrogen and oxygen atoms in total. The predicted octanol–water partition coefficient (Wildman–Crippen LogP) is 1.89. The van der Waals surface area contributed by atoms with E-state index in [0.29, 0.717) is 12.6 Å². The van der Waals surface area contributed by atoms with Crippen LogP contribution in [-0.4, -0.2) is 55.1 Å². The average Bonchev–Trinajstić information content (AvgIpc) is 2.95. The van der Waals surface area contributed by atoms with E-state index in [1.54, 1.807) is 31.1 Å². The highest BCUT2D eigenvalue weighted by molar-refractivity contribution is 5.78. The number of benzene rings is 1. The number of piperidine rings is 1. The molecule has 2 aliphatic heterocycles. The summed E-state index contributed by atoms with van der Waals surface area (Å²) in [7, 11) is 3.58. The third-order valence-corrected chi connectivity index (χ3v) is 4.68. The Morgan fingerprint density at radius 3 is 3.00 bits per heavy atom. The molecule has 5 heteroatoms. The Morgan fingerprint density at radius 2 is 2.27 bits per heavy atom. The summed E-state index contributed by atoms with van der Waals surface area (Å²) in [4.78, 5) is 16.3. The van der Waals surface area contributed by atoms with Crippen molar-refractivity contribution in [1.29, 1.82) is 0 Å². The molecule has 120 valence electrons. The summed E-state index contributed by atoms with van der Waals surface area (Å²) >= 11 is 0. The first-order valence-electron chi connectivity index (χ1n) is 7.86. The number of carbonyl (C=O) groups is 1. The number of nitrogens with zero attached hydrogens (tertiary/aromatic N) is 2. The van der Waals surface area contributed by atoms with Crippen molar-refractivity contribution in [2.45, 2.75) is 31.5 Å². The Bertz CT molecular complexity index is 549. The summed E-state index contributed by atoms with van der Waals surface area (Å²) in [6, 6.07) is 7.04. The van der Waals surface area contributed by atoms with Crippen LogP contribution in [-0.2, 0) is 16.1 Å². The summed E-state index contributed by atoms with van der Waals surface area (Å²) in [5.74, 6) is -0.101. The zero-order valence-electron chi connectivity index (χ0n) is 13.2. The number of hydrogen-bond acceptors (Lipinski definition) is 3. The number of amides is 1. The molecule has 0 spiro atoms. The maximum Gasteiger partial charge on any atom is 0.226 e. The highest BCUT2D eigenvalue weighted by atomic mass is 19.1. The van der Waals surface area contributed by atoms with Crippen LogP contribution in [0.2, 0.25) is 0 Å². The van der Waals surface area contributed by atoms with Gasteiger partial charge in [0, 0.05) is 39.8 Å². The smallest absolute Gasteiger partial charge is 0.226 e. The molecule has 2 fully saturated rings. The SMILES string of the molecule is CN(C)C(=O)[C@H]1C[C@H]2OCC[C@H]2N(Cc2cccc(F)c2)C1. The van der Waals surface area contributed by atoms with E-state index in [4.69, 9.17) is 4.74 Å². The van der Waals surface area contributed by atoms with Crippen molar-refractivity contribution < 1.29 is 13.9 Å². The average molecular weight is 306 g/mol. The van der Waals surface area contributed by atoms with Gasteiger partial charge in [0.25, 0.3) is 0 Å². The number of carbonyl (C=O) groups excluding carboxylic acids is 1. The second-order valence-corrected chi connectivity index (χ2v) is 6.49. The van der Waals surface area contributed by atoms with Crippen LogP contribution in [0.15, 0.2) is 24.3 Å². The topological polar surface area (TPSA) is 32.8 Å². The van der Waals surface area contributed by atoms with Crippen LogP contribution < -0.4 is 0 Å². The van der Waals surface area contributed by atoms with Crippen molar-refractivity contribution in [2.75, 3.05) is 27.2 Å². The predicted molar refractivity (Wildman–Crippen MR) is 81.8 cm³/mol.